The van der Waals surface area contributed by atoms with Crippen LogP contribution in [0.4, 0.5) is 10.1 Å². The van der Waals surface area contributed by atoms with Gasteiger partial charge >= 0.3 is 0 Å². The Labute approximate surface area is 135 Å². The van der Waals surface area contributed by atoms with E-state index in [4.69, 9.17) is 0 Å². The predicted molar refractivity (Wildman–Crippen MR) is 93.5 cm³/mol. The van der Waals surface area contributed by atoms with Crippen molar-refractivity contribution in [1.29, 1.82) is 0 Å². The molecule has 1 aromatic carbocycles. The molecule has 22 heavy (non-hydrogen) atoms. The number of benzene rings is 1. The Kier molecular flexibility index (Phi) is 4.84. The number of rotatable bonds is 4. The van der Waals surface area contributed by atoms with Crippen molar-refractivity contribution in [3.8, 4) is 0 Å². The molecule has 0 N–H and O–H groups in total. The molecule has 0 radical (unpaired) electrons. The Balaban J connectivity index is 1.83. The van der Waals surface area contributed by atoms with E-state index in [9.17, 15) is 4.39 Å². The highest BCUT2D eigenvalue weighted by Gasteiger charge is 2.19. The van der Waals surface area contributed by atoms with Crippen LogP contribution in [0, 0.1) is 12.7 Å². The number of fused-ring (bicyclic) bond motifs is 1. The zero-order valence-electron chi connectivity index (χ0n) is 13.2. The maximum absolute atomic E-state index is 13.6. The fourth-order valence-electron chi connectivity index (χ4n) is 3.00. The van der Waals surface area contributed by atoms with Gasteiger partial charge in [0, 0.05) is 55.2 Å². The Morgan fingerprint density at radius 1 is 1.18 bits per heavy atom. The monoisotopic (exact) mass is 319 g/mol. The minimum absolute atomic E-state index is 0.196. The second-order valence-corrected chi connectivity index (χ2v) is 6.75. The van der Waals surface area contributed by atoms with Crippen LogP contribution in [0.15, 0.2) is 24.3 Å². The van der Waals surface area contributed by atoms with E-state index in [1.165, 1.54) is 11.8 Å². The smallest absolute Gasteiger partial charge is 0.124 e. The molecule has 3 rings (SSSR count). The Bertz CT molecular complexity index is 654. The first-order valence-electron chi connectivity index (χ1n) is 7.70. The number of hydrogen-bond donors (Lipinski definition) is 0. The van der Waals surface area contributed by atoms with Crippen molar-refractivity contribution in [2.45, 2.75) is 6.92 Å². The van der Waals surface area contributed by atoms with Gasteiger partial charge in [-0.25, -0.2) is 4.39 Å². The molecule has 1 saturated heterocycles. The molecular formula is C17H22FN3S. The van der Waals surface area contributed by atoms with E-state index < -0.39 is 0 Å². The molecule has 0 saturated carbocycles. The van der Waals surface area contributed by atoms with E-state index in [0.717, 1.165) is 55.0 Å². The van der Waals surface area contributed by atoms with Crippen LogP contribution < -0.4 is 4.90 Å². The second kappa shape index (κ2) is 6.84. The first-order valence-corrected chi connectivity index (χ1v) is 9.10. The number of aromatic nitrogens is 1. The van der Waals surface area contributed by atoms with Gasteiger partial charge in [-0.1, -0.05) is 0 Å². The third-order valence-electron chi connectivity index (χ3n) is 4.20. The summed E-state index contributed by atoms with van der Waals surface area (Å²) in [5, 5.41) is 0.920. The molecule has 0 bridgehead atoms. The molecule has 0 atom stereocenters. The van der Waals surface area contributed by atoms with Crippen molar-refractivity contribution in [2.24, 2.45) is 0 Å². The van der Waals surface area contributed by atoms with Gasteiger partial charge < -0.3 is 4.90 Å². The first-order chi connectivity index (χ1) is 10.7. The van der Waals surface area contributed by atoms with Gasteiger partial charge in [-0.2, -0.15) is 11.8 Å². The highest BCUT2D eigenvalue weighted by atomic mass is 32.2. The Morgan fingerprint density at radius 3 is 2.68 bits per heavy atom. The van der Waals surface area contributed by atoms with Crippen molar-refractivity contribution in [3.05, 3.63) is 35.8 Å². The van der Waals surface area contributed by atoms with Gasteiger partial charge in [-0.05, 0) is 37.4 Å². The number of nitrogens with zero attached hydrogens (tertiary/aromatic N) is 3. The molecule has 1 aliphatic heterocycles. The lowest BCUT2D eigenvalue weighted by Crippen LogP contribution is -2.47. The standard InChI is InChI=1S/C17H22FN3S/c1-13-11-17(15-12-14(18)3-4-16(15)19-13)21-7-5-20(6-8-21)9-10-22-2/h3-4,11-12H,5-10H2,1-2H3. The fraction of sp³-hybridized carbons (Fsp3) is 0.471. The Hall–Kier alpha value is -1.33. The van der Waals surface area contributed by atoms with Crippen LogP contribution >= 0.6 is 11.8 Å². The number of piperazine rings is 1. The summed E-state index contributed by atoms with van der Waals surface area (Å²) in [6.45, 7) is 7.27. The summed E-state index contributed by atoms with van der Waals surface area (Å²) in [6.07, 6.45) is 2.15. The predicted octanol–water partition coefficient (Wildman–Crippen LogP) is 3.17. The van der Waals surface area contributed by atoms with Crippen LogP contribution in [0.5, 0.6) is 0 Å². The SMILES string of the molecule is CSCCN1CCN(c2cc(C)nc3ccc(F)cc23)CC1. The average molecular weight is 319 g/mol. The summed E-state index contributed by atoms with van der Waals surface area (Å²) < 4.78 is 13.6. The third-order valence-corrected chi connectivity index (χ3v) is 4.79. The van der Waals surface area contributed by atoms with Crippen LogP contribution in [0.2, 0.25) is 0 Å². The average Bonchev–Trinajstić information content (AvgIpc) is 2.53. The van der Waals surface area contributed by atoms with Crippen molar-refractivity contribution >= 4 is 28.4 Å². The van der Waals surface area contributed by atoms with Crippen molar-refractivity contribution in [1.82, 2.24) is 9.88 Å². The van der Waals surface area contributed by atoms with Gasteiger partial charge in [0.2, 0.25) is 0 Å². The van der Waals surface area contributed by atoms with Crippen molar-refractivity contribution in [2.75, 3.05) is 49.6 Å². The summed E-state index contributed by atoms with van der Waals surface area (Å²) >= 11 is 1.89. The van der Waals surface area contributed by atoms with Crippen LogP contribution in [0.3, 0.4) is 0 Å². The molecule has 2 aromatic rings. The molecule has 3 nitrogen and oxygen atoms in total. The molecule has 0 aliphatic carbocycles. The quantitative estimate of drug-likeness (QED) is 0.862. The molecule has 1 aliphatic rings. The van der Waals surface area contributed by atoms with E-state index in [2.05, 4.69) is 27.1 Å². The number of hydrogen-bond acceptors (Lipinski definition) is 4. The Morgan fingerprint density at radius 2 is 1.95 bits per heavy atom. The van der Waals surface area contributed by atoms with Crippen molar-refractivity contribution < 1.29 is 4.39 Å². The summed E-state index contributed by atoms with van der Waals surface area (Å²) in [7, 11) is 0. The topological polar surface area (TPSA) is 19.4 Å². The first kappa shape index (κ1) is 15.6. The van der Waals surface area contributed by atoms with E-state index in [1.807, 2.05) is 18.7 Å². The van der Waals surface area contributed by atoms with Gasteiger partial charge in [-0.3, -0.25) is 9.88 Å². The molecule has 1 aromatic heterocycles. The molecule has 0 amide bonds. The molecule has 0 unspecified atom stereocenters. The van der Waals surface area contributed by atoms with Crippen LogP contribution in [0.25, 0.3) is 10.9 Å². The van der Waals surface area contributed by atoms with E-state index in [1.54, 1.807) is 12.1 Å². The maximum atomic E-state index is 13.6. The largest absolute Gasteiger partial charge is 0.368 e. The molecule has 0 spiro atoms. The second-order valence-electron chi connectivity index (χ2n) is 5.77. The van der Waals surface area contributed by atoms with Gasteiger partial charge in [0.25, 0.3) is 0 Å². The van der Waals surface area contributed by atoms with Crippen LogP contribution in [-0.2, 0) is 0 Å². The summed E-state index contributed by atoms with van der Waals surface area (Å²) in [6, 6.07) is 6.95. The fourth-order valence-corrected chi connectivity index (χ4v) is 3.44. The number of halogens is 1. The zero-order valence-corrected chi connectivity index (χ0v) is 14.0. The number of anilines is 1. The van der Waals surface area contributed by atoms with Crippen LogP contribution in [0.1, 0.15) is 5.69 Å². The minimum Gasteiger partial charge on any atom is -0.368 e. The van der Waals surface area contributed by atoms with Crippen LogP contribution in [-0.4, -0.2) is 54.6 Å². The van der Waals surface area contributed by atoms with Crippen molar-refractivity contribution in [3.63, 3.8) is 0 Å². The van der Waals surface area contributed by atoms with Gasteiger partial charge in [0.05, 0.1) is 5.52 Å². The minimum atomic E-state index is -0.196. The van der Waals surface area contributed by atoms with E-state index in [0.29, 0.717) is 0 Å². The molecule has 1 fully saturated rings. The lowest BCUT2D eigenvalue weighted by Gasteiger charge is -2.36. The lowest BCUT2D eigenvalue weighted by molar-refractivity contribution is 0.273. The maximum Gasteiger partial charge on any atom is 0.124 e. The van der Waals surface area contributed by atoms with Gasteiger partial charge in [0.15, 0.2) is 0 Å². The normalized spacial score (nSPS) is 16.4. The number of pyridine rings is 1. The molecule has 5 heteroatoms. The zero-order chi connectivity index (χ0) is 15.5. The highest BCUT2D eigenvalue weighted by Crippen LogP contribution is 2.28. The number of aryl methyl sites for hydroxylation is 1. The third kappa shape index (κ3) is 3.36. The lowest BCUT2D eigenvalue weighted by atomic mass is 10.1. The summed E-state index contributed by atoms with van der Waals surface area (Å²) in [4.78, 5) is 9.39. The summed E-state index contributed by atoms with van der Waals surface area (Å²) in [5.41, 5.74) is 2.98. The molecular weight excluding hydrogens is 297 g/mol. The molecule has 2 heterocycles. The highest BCUT2D eigenvalue weighted by molar-refractivity contribution is 7.98. The number of thioether (sulfide) groups is 1. The van der Waals surface area contributed by atoms with Gasteiger partial charge in [0.1, 0.15) is 5.82 Å². The van der Waals surface area contributed by atoms with Gasteiger partial charge in [-0.15, -0.1) is 0 Å². The molecule has 118 valence electrons. The van der Waals surface area contributed by atoms with E-state index >= 15 is 0 Å². The van der Waals surface area contributed by atoms with E-state index in [-0.39, 0.29) is 5.82 Å². The summed E-state index contributed by atoms with van der Waals surface area (Å²) in [5.74, 6) is 0.987.